The third kappa shape index (κ3) is 6.85. The number of rotatable bonds is 9. The molecule has 0 aliphatic carbocycles. The number of alkyl halides is 4. The quantitative estimate of drug-likeness (QED) is 0.203. The van der Waals surface area contributed by atoms with Gasteiger partial charge in [0, 0.05) is 17.5 Å². The number of hydrogen-bond acceptors (Lipinski definition) is 3. The molecule has 0 spiro atoms. The van der Waals surface area contributed by atoms with Crippen molar-refractivity contribution in [3.8, 4) is 5.75 Å². The van der Waals surface area contributed by atoms with E-state index in [0.717, 1.165) is 42.0 Å². The van der Waals surface area contributed by atoms with E-state index in [1.54, 1.807) is 0 Å². The summed E-state index contributed by atoms with van der Waals surface area (Å²) in [5, 5.41) is 0. The van der Waals surface area contributed by atoms with Crippen LogP contribution in [0.15, 0.2) is 53.1 Å². The molecule has 8 heteroatoms. The molecule has 0 aliphatic rings. The first-order chi connectivity index (χ1) is 14.8. The topological polar surface area (TPSA) is 35.3 Å². The fraction of sp³-hybridized carbons (Fsp3) is 0.261. The van der Waals surface area contributed by atoms with Gasteiger partial charge in [-0.05, 0) is 55.2 Å². The molecule has 0 unspecified atom stereocenters. The maximum atomic E-state index is 13.9. The molecule has 0 bridgehead atoms. The summed E-state index contributed by atoms with van der Waals surface area (Å²) in [6, 6.07) is 10.1. The lowest BCUT2D eigenvalue weighted by Crippen LogP contribution is -2.05. The molecule has 0 saturated carbocycles. The van der Waals surface area contributed by atoms with Crippen LogP contribution in [0.1, 0.15) is 34.7 Å². The van der Waals surface area contributed by atoms with E-state index in [1.165, 1.54) is 18.4 Å². The number of aromatic nitrogens is 1. The van der Waals surface area contributed by atoms with Gasteiger partial charge in [-0.1, -0.05) is 18.2 Å². The van der Waals surface area contributed by atoms with Gasteiger partial charge in [-0.15, -0.1) is 11.6 Å². The first kappa shape index (κ1) is 22.9. The minimum atomic E-state index is -4.59. The van der Waals surface area contributed by atoms with Crippen molar-refractivity contribution in [2.45, 2.75) is 25.4 Å². The SMILES string of the molecule is Fc1cc(C(F)(F)F)ccc1/C=C/c1nc(CCc2ccc(OCCCCl)cc2)co1. The summed E-state index contributed by atoms with van der Waals surface area (Å²) < 4.78 is 62.6. The van der Waals surface area contributed by atoms with Crippen molar-refractivity contribution in [2.75, 3.05) is 12.5 Å². The largest absolute Gasteiger partial charge is 0.494 e. The van der Waals surface area contributed by atoms with E-state index in [4.69, 9.17) is 20.8 Å². The van der Waals surface area contributed by atoms with Gasteiger partial charge in [0.25, 0.3) is 0 Å². The maximum Gasteiger partial charge on any atom is 0.416 e. The predicted octanol–water partition coefficient (Wildman–Crippen LogP) is 6.80. The Morgan fingerprint density at radius 2 is 1.81 bits per heavy atom. The third-order valence-electron chi connectivity index (χ3n) is 4.44. The number of benzene rings is 2. The van der Waals surface area contributed by atoms with Crippen LogP contribution in [0.25, 0.3) is 12.2 Å². The standard InChI is InChI=1S/C23H20ClF4NO2/c24-12-1-13-30-20-9-3-16(4-10-20)2-8-19-15-31-22(29-19)11-6-17-5-7-18(14-21(17)25)23(26,27)28/h3-7,9-11,14-15H,1-2,8,12-13H2/b11-6+. The van der Waals surface area contributed by atoms with Gasteiger partial charge in [0.05, 0.1) is 17.9 Å². The molecule has 2 aromatic carbocycles. The third-order valence-corrected chi connectivity index (χ3v) is 4.71. The molecular weight excluding hydrogens is 434 g/mol. The zero-order valence-corrected chi connectivity index (χ0v) is 17.2. The van der Waals surface area contributed by atoms with Crippen LogP contribution in [-0.4, -0.2) is 17.5 Å². The highest BCUT2D eigenvalue weighted by Crippen LogP contribution is 2.30. The highest BCUT2D eigenvalue weighted by molar-refractivity contribution is 6.17. The summed E-state index contributed by atoms with van der Waals surface area (Å²) >= 11 is 5.62. The molecule has 3 aromatic rings. The Bertz CT molecular complexity index is 1010. The van der Waals surface area contributed by atoms with Crippen LogP contribution in [0.5, 0.6) is 5.75 Å². The molecule has 0 radical (unpaired) electrons. The van der Waals surface area contributed by atoms with Gasteiger partial charge in [-0.2, -0.15) is 13.2 Å². The van der Waals surface area contributed by atoms with E-state index in [1.807, 2.05) is 24.3 Å². The normalized spacial score (nSPS) is 11.9. The van der Waals surface area contributed by atoms with Gasteiger partial charge < -0.3 is 9.15 Å². The van der Waals surface area contributed by atoms with Crippen molar-refractivity contribution in [3.05, 3.63) is 82.8 Å². The summed E-state index contributed by atoms with van der Waals surface area (Å²) in [6.45, 7) is 0.578. The number of nitrogens with zero attached hydrogens (tertiary/aromatic N) is 1. The average Bonchev–Trinajstić information content (AvgIpc) is 3.19. The first-order valence-corrected chi connectivity index (χ1v) is 10.2. The summed E-state index contributed by atoms with van der Waals surface area (Å²) in [5.41, 5.74) is 0.808. The molecule has 0 aliphatic heterocycles. The molecular formula is C23H20ClF4NO2. The van der Waals surface area contributed by atoms with Crippen molar-refractivity contribution < 1.29 is 26.7 Å². The molecule has 0 saturated heterocycles. The number of ether oxygens (including phenoxy) is 1. The first-order valence-electron chi connectivity index (χ1n) is 9.62. The molecule has 1 aromatic heterocycles. The van der Waals surface area contributed by atoms with E-state index in [2.05, 4.69) is 4.98 Å². The zero-order valence-electron chi connectivity index (χ0n) is 16.5. The highest BCUT2D eigenvalue weighted by atomic mass is 35.5. The molecule has 3 rings (SSSR count). The van der Waals surface area contributed by atoms with Crippen LogP contribution in [-0.2, 0) is 19.0 Å². The molecule has 0 N–H and O–H groups in total. The molecule has 0 fully saturated rings. The van der Waals surface area contributed by atoms with Crippen molar-refractivity contribution in [2.24, 2.45) is 0 Å². The van der Waals surface area contributed by atoms with Crippen molar-refractivity contribution in [3.63, 3.8) is 0 Å². The van der Waals surface area contributed by atoms with E-state index in [-0.39, 0.29) is 11.5 Å². The van der Waals surface area contributed by atoms with Crippen molar-refractivity contribution in [1.29, 1.82) is 0 Å². The van der Waals surface area contributed by atoms with E-state index < -0.39 is 17.6 Å². The predicted molar refractivity (Wildman–Crippen MR) is 112 cm³/mol. The highest BCUT2D eigenvalue weighted by Gasteiger charge is 2.30. The Hall–Kier alpha value is -2.80. The summed E-state index contributed by atoms with van der Waals surface area (Å²) in [5.74, 6) is 0.634. The van der Waals surface area contributed by atoms with Gasteiger partial charge in [0.15, 0.2) is 0 Å². The monoisotopic (exact) mass is 453 g/mol. The maximum absolute atomic E-state index is 13.9. The fourth-order valence-corrected chi connectivity index (χ4v) is 2.89. The molecule has 164 valence electrons. The zero-order chi connectivity index (χ0) is 22.3. The second-order valence-electron chi connectivity index (χ2n) is 6.78. The number of halogens is 5. The van der Waals surface area contributed by atoms with Crippen LogP contribution in [0.2, 0.25) is 0 Å². The second kappa shape index (κ2) is 10.5. The lowest BCUT2D eigenvalue weighted by Gasteiger charge is -2.07. The van der Waals surface area contributed by atoms with Crippen LogP contribution < -0.4 is 4.74 Å². The van der Waals surface area contributed by atoms with Gasteiger partial charge in [0.2, 0.25) is 5.89 Å². The fourth-order valence-electron chi connectivity index (χ4n) is 2.78. The van der Waals surface area contributed by atoms with Gasteiger partial charge in [-0.25, -0.2) is 9.37 Å². The van der Waals surface area contributed by atoms with E-state index in [0.29, 0.717) is 25.0 Å². The van der Waals surface area contributed by atoms with Crippen molar-refractivity contribution in [1.82, 2.24) is 4.98 Å². The van der Waals surface area contributed by atoms with E-state index in [9.17, 15) is 17.6 Å². The molecule has 0 atom stereocenters. The Morgan fingerprint density at radius 1 is 1.03 bits per heavy atom. The van der Waals surface area contributed by atoms with Crippen LogP contribution >= 0.6 is 11.6 Å². The van der Waals surface area contributed by atoms with Crippen molar-refractivity contribution >= 4 is 23.8 Å². The second-order valence-corrected chi connectivity index (χ2v) is 7.16. The molecule has 0 amide bonds. The van der Waals surface area contributed by atoms with E-state index >= 15 is 0 Å². The lowest BCUT2D eigenvalue weighted by molar-refractivity contribution is -0.137. The minimum Gasteiger partial charge on any atom is -0.494 e. The van der Waals surface area contributed by atoms with Crippen LogP contribution in [0.4, 0.5) is 17.6 Å². The summed E-state index contributed by atoms with van der Waals surface area (Å²) in [4.78, 5) is 4.30. The Kier molecular flexibility index (Phi) is 7.74. The smallest absolute Gasteiger partial charge is 0.416 e. The Labute approximate surface area is 182 Å². The van der Waals surface area contributed by atoms with Gasteiger partial charge in [0.1, 0.15) is 17.8 Å². The summed E-state index contributed by atoms with van der Waals surface area (Å²) in [6.07, 6.45) is 1.84. The van der Waals surface area contributed by atoms with Crippen LogP contribution in [0.3, 0.4) is 0 Å². The number of aryl methyl sites for hydroxylation is 2. The number of hydrogen-bond donors (Lipinski definition) is 0. The summed E-state index contributed by atoms with van der Waals surface area (Å²) in [7, 11) is 0. The number of oxazole rings is 1. The Morgan fingerprint density at radius 3 is 2.48 bits per heavy atom. The Balaban J connectivity index is 1.54. The van der Waals surface area contributed by atoms with Gasteiger partial charge in [-0.3, -0.25) is 0 Å². The molecule has 3 nitrogen and oxygen atoms in total. The average molecular weight is 454 g/mol. The molecule has 31 heavy (non-hydrogen) atoms. The lowest BCUT2D eigenvalue weighted by atomic mass is 10.1. The van der Waals surface area contributed by atoms with Crippen LogP contribution in [0, 0.1) is 5.82 Å². The van der Waals surface area contributed by atoms with Gasteiger partial charge >= 0.3 is 6.18 Å². The minimum absolute atomic E-state index is 0.0149. The molecule has 1 heterocycles.